The number of amides is 1. The second-order valence-electron chi connectivity index (χ2n) is 4.65. The van der Waals surface area contributed by atoms with Gasteiger partial charge in [-0.1, -0.05) is 11.5 Å². The highest BCUT2D eigenvalue weighted by molar-refractivity contribution is 6.33. The SMILES string of the molecule is Bc1ccc2nc(C(=O)N3CCOCC3)cnc2c1. The lowest BCUT2D eigenvalue weighted by atomic mass is 9.96. The van der Waals surface area contributed by atoms with Crippen LogP contribution in [0.1, 0.15) is 10.5 Å². The molecule has 0 bridgehead atoms. The molecule has 0 spiro atoms. The van der Waals surface area contributed by atoms with E-state index in [1.807, 2.05) is 26.0 Å². The highest BCUT2D eigenvalue weighted by Crippen LogP contribution is 2.10. The molecule has 1 fully saturated rings. The van der Waals surface area contributed by atoms with Crippen molar-refractivity contribution in [1.82, 2.24) is 14.9 Å². The van der Waals surface area contributed by atoms with Crippen molar-refractivity contribution in [3.05, 3.63) is 30.1 Å². The summed E-state index contributed by atoms with van der Waals surface area (Å²) in [6.45, 7) is 2.41. The minimum Gasteiger partial charge on any atom is -0.378 e. The summed E-state index contributed by atoms with van der Waals surface area (Å²) in [5.41, 5.74) is 3.11. The minimum atomic E-state index is -0.0710. The molecule has 1 aliphatic heterocycles. The van der Waals surface area contributed by atoms with Gasteiger partial charge in [-0.25, -0.2) is 4.98 Å². The highest BCUT2D eigenvalue weighted by Gasteiger charge is 2.20. The molecule has 1 saturated heterocycles. The summed E-state index contributed by atoms with van der Waals surface area (Å²) in [7, 11) is 2.01. The molecular weight excluding hydrogens is 241 g/mol. The summed E-state index contributed by atoms with van der Waals surface area (Å²) < 4.78 is 5.24. The zero-order chi connectivity index (χ0) is 13.2. The fourth-order valence-electron chi connectivity index (χ4n) is 2.15. The lowest BCUT2D eigenvalue weighted by molar-refractivity contribution is 0.0299. The van der Waals surface area contributed by atoms with Gasteiger partial charge < -0.3 is 9.64 Å². The van der Waals surface area contributed by atoms with Crippen molar-refractivity contribution in [2.45, 2.75) is 0 Å². The molecule has 0 saturated carbocycles. The van der Waals surface area contributed by atoms with E-state index in [0.717, 1.165) is 16.5 Å². The van der Waals surface area contributed by atoms with Crippen molar-refractivity contribution in [1.29, 1.82) is 0 Å². The van der Waals surface area contributed by atoms with Crippen molar-refractivity contribution in [3.8, 4) is 0 Å². The van der Waals surface area contributed by atoms with E-state index >= 15 is 0 Å². The lowest BCUT2D eigenvalue weighted by Crippen LogP contribution is -2.41. The number of ether oxygens (including phenoxy) is 1. The Balaban J connectivity index is 1.92. The van der Waals surface area contributed by atoms with E-state index in [-0.39, 0.29) is 5.91 Å². The Hall–Kier alpha value is -1.95. The number of carbonyl (C=O) groups is 1. The number of fused-ring (bicyclic) bond motifs is 1. The number of carbonyl (C=O) groups excluding carboxylic acids is 1. The van der Waals surface area contributed by atoms with Gasteiger partial charge in [-0.3, -0.25) is 9.78 Å². The Morgan fingerprint density at radius 2 is 2.05 bits per heavy atom. The quantitative estimate of drug-likeness (QED) is 0.636. The molecule has 6 heteroatoms. The lowest BCUT2D eigenvalue weighted by Gasteiger charge is -2.26. The fourth-order valence-corrected chi connectivity index (χ4v) is 2.15. The molecule has 1 amide bonds. The number of nitrogens with zero attached hydrogens (tertiary/aromatic N) is 3. The van der Waals surface area contributed by atoms with Gasteiger partial charge in [-0.05, 0) is 12.1 Å². The van der Waals surface area contributed by atoms with Gasteiger partial charge in [-0.2, -0.15) is 0 Å². The Bertz CT molecular complexity index is 626. The van der Waals surface area contributed by atoms with Gasteiger partial charge in [-0.15, -0.1) is 0 Å². The van der Waals surface area contributed by atoms with Gasteiger partial charge in [0, 0.05) is 13.1 Å². The van der Waals surface area contributed by atoms with Crippen LogP contribution in [-0.4, -0.2) is 54.9 Å². The summed E-state index contributed by atoms with van der Waals surface area (Å²) in [4.78, 5) is 22.7. The average Bonchev–Trinajstić information content (AvgIpc) is 2.47. The summed E-state index contributed by atoms with van der Waals surface area (Å²) in [6.07, 6.45) is 1.56. The molecule has 0 aliphatic carbocycles. The summed E-state index contributed by atoms with van der Waals surface area (Å²) in [6, 6.07) is 5.83. The molecule has 2 heterocycles. The molecular formula is C13H14BN3O2. The zero-order valence-electron chi connectivity index (χ0n) is 10.8. The monoisotopic (exact) mass is 255 g/mol. The molecule has 0 atom stereocenters. The van der Waals surface area contributed by atoms with Crippen LogP contribution in [0.25, 0.3) is 11.0 Å². The van der Waals surface area contributed by atoms with E-state index in [9.17, 15) is 4.79 Å². The van der Waals surface area contributed by atoms with Gasteiger partial charge in [0.25, 0.3) is 5.91 Å². The highest BCUT2D eigenvalue weighted by atomic mass is 16.5. The molecule has 0 N–H and O–H groups in total. The molecule has 1 aromatic heterocycles. The van der Waals surface area contributed by atoms with E-state index in [0.29, 0.717) is 32.0 Å². The van der Waals surface area contributed by atoms with Crippen molar-refractivity contribution >= 4 is 30.2 Å². The molecule has 0 unspecified atom stereocenters. The van der Waals surface area contributed by atoms with Gasteiger partial charge in [0.05, 0.1) is 30.4 Å². The Kier molecular flexibility index (Phi) is 3.17. The number of morpholine rings is 1. The topological polar surface area (TPSA) is 55.3 Å². The van der Waals surface area contributed by atoms with Gasteiger partial charge in [0.2, 0.25) is 0 Å². The molecule has 2 aromatic rings. The van der Waals surface area contributed by atoms with Crippen LogP contribution in [0.4, 0.5) is 0 Å². The molecule has 1 aliphatic rings. The standard InChI is InChI=1S/C13H14BN3O2/c14-9-1-2-10-11(7-9)15-8-12(16-10)13(18)17-3-5-19-6-4-17/h1-2,7-8H,3-6,14H2. The minimum absolute atomic E-state index is 0.0710. The maximum Gasteiger partial charge on any atom is 0.274 e. The first-order chi connectivity index (χ1) is 9.24. The normalized spacial score (nSPS) is 15.7. The van der Waals surface area contributed by atoms with E-state index in [2.05, 4.69) is 9.97 Å². The third-order valence-electron chi connectivity index (χ3n) is 3.22. The second-order valence-corrected chi connectivity index (χ2v) is 4.65. The molecule has 19 heavy (non-hydrogen) atoms. The average molecular weight is 255 g/mol. The number of hydrogen-bond acceptors (Lipinski definition) is 4. The molecule has 5 nitrogen and oxygen atoms in total. The third kappa shape index (κ3) is 2.44. The van der Waals surface area contributed by atoms with Crippen LogP contribution in [0.3, 0.4) is 0 Å². The first kappa shape index (κ1) is 12.1. The Morgan fingerprint density at radius 1 is 1.26 bits per heavy atom. The zero-order valence-corrected chi connectivity index (χ0v) is 10.8. The second kappa shape index (κ2) is 4.97. The van der Waals surface area contributed by atoms with E-state index < -0.39 is 0 Å². The fraction of sp³-hybridized carbons (Fsp3) is 0.308. The molecule has 1 aromatic carbocycles. The van der Waals surface area contributed by atoms with Crippen LogP contribution >= 0.6 is 0 Å². The number of hydrogen-bond donors (Lipinski definition) is 0. The smallest absolute Gasteiger partial charge is 0.274 e. The predicted molar refractivity (Wildman–Crippen MR) is 74.4 cm³/mol. The van der Waals surface area contributed by atoms with E-state index in [4.69, 9.17) is 4.74 Å². The van der Waals surface area contributed by atoms with Crippen molar-refractivity contribution < 1.29 is 9.53 Å². The van der Waals surface area contributed by atoms with Crippen molar-refractivity contribution in [2.24, 2.45) is 0 Å². The molecule has 0 radical (unpaired) electrons. The number of aromatic nitrogens is 2. The molecule has 96 valence electrons. The summed E-state index contributed by atoms with van der Waals surface area (Å²) in [5.74, 6) is -0.0710. The van der Waals surface area contributed by atoms with Gasteiger partial charge >= 0.3 is 0 Å². The van der Waals surface area contributed by atoms with E-state index in [1.54, 1.807) is 11.1 Å². The third-order valence-corrected chi connectivity index (χ3v) is 3.22. The first-order valence-electron chi connectivity index (χ1n) is 6.34. The number of rotatable bonds is 1. The number of benzene rings is 1. The van der Waals surface area contributed by atoms with Crippen LogP contribution < -0.4 is 5.46 Å². The van der Waals surface area contributed by atoms with Gasteiger partial charge in [0.1, 0.15) is 13.5 Å². The Labute approximate surface area is 112 Å². The van der Waals surface area contributed by atoms with Crippen molar-refractivity contribution in [2.75, 3.05) is 26.3 Å². The predicted octanol–water partition coefficient (Wildman–Crippen LogP) is -0.639. The van der Waals surface area contributed by atoms with Crippen LogP contribution in [0.15, 0.2) is 24.4 Å². The summed E-state index contributed by atoms with van der Waals surface area (Å²) >= 11 is 0. The Morgan fingerprint density at radius 3 is 2.84 bits per heavy atom. The van der Waals surface area contributed by atoms with Crippen LogP contribution in [0.5, 0.6) is 0 Å². The molecule has 3 rings (SSSR count). The summed E-state index contributed by atoms with van der Waals surface area (Å²) in [5, 5.41) is 0. The van der Waals surface area contributed by atoms with E-state index in [1.165, 1.54) is 0 Å². The van der Waals surface area contributed by atoms with Crippen LogP contribution in [0.2, 0.25) is 0 Å². The largest absolute Gasteiger partial charge is 0.378 e. The first-order valence-corrected chi connectivity index (χ1v) is 6.34. The van der Waals surface area contributed by atoms with Crippen molar-refractivity contribution in [3.63, 3.8) is 0 Å². The van der Waals surface area contributed by atoms with Crippen LogP contribution in [0, 0.1) is 0 Å². The maximum absolute atomic E-state index is 12.3. The van der Waals surface area contributed by atoms with Crippen LogP contribution in [-0.2, 0) is 4.74 Å². The maximum atomic E-state index is 12.3. The van der Waals surface area contributed by atoms with Gasteiger partial charge in [0.15, 0.2) is 0 Å².